The maximum absolute atomic E-state index is 8.23. The van der Waals surface area contributed by atoms with Gasteiger partial charge in [0.25, 0.3) is 0 Å². The Morgan fingerprint density at radius 1 is 1.22 bits per heavy atom. The van der Waals surface area contributed by atoms with Crippen LogP contribution < -0.4 is 4.57 Å². The van der Waals surface area contributed by atoms with Crippen molar-refractivity contribution in [3.63, 3.8) is 0 Å². The van der Waals surface area contributed by atoms with Gasteiger partial charge in [0, 0.05) is 40.8 Å². The zero-order chi connectivity index (χ0) is 19.8. The molecule has 3 rings (SSSR count). The van der Waals surface area contributed by atoms with E-state index in [0.29, 0.717) is 5.69 Å². The average Bonchev–Trinajstić information content (AvgIpc) is 2.62. The summed E-state index contributed by atoms with van der Waals surface area (Å²) in [5, 5.41) is 0. The fourth-order valence-electron chi connectivity index (χ4n) is 2.56. The predicted molar refractivity (Wildman–Crippen MR) is 92.9 cm³/mol. The van der Waals surface area contributed by atoms with E-state index in [4.69, 9.17) is 5.48 Å². The van der Waals surface area contributed by atoms with Gasteiger partial charge < -0.3 is 0 Å². The molecule has 3 heteroatoms. The number of aryl methyl sites for hydroxylation is 2. The highest BCUT2D eigenvalue weighted by Crippen LogP contribution is 2.25. The molecule has 1 atom stereocenters. The normalized spacial score (nSPS) is 16.7. The summed E-state index contributed by atoms with van der Waals surface area (Å²) >= 11 is 0. The third-order valence-electron chi connectivity index (χ3n) is 3.86. The Morgan fingerprint density at radius 2 is 2.04 bits per heavy atom. The zero-order valence-electron chi connectivity index (χ0n) is 17.5. The number of hydrogen-bond donors (Lipinski definition) is 0. The van der Waals surface area contributed by atoms with Crippen molar-refractivity contribution in [2.24, 2.45) is 7.05 Å². The molecule has 0 amide bonds. The van der Waals surface area contributed by atoms with Crippen LogP contribution in [0.4, 0.5) is 0 Å². The molecule has 1 aromatic carbocycles. The molecule has 1 unspecified atom stereocenters. The fourth-order valence-corrected chi connectivity index (χ4v) is 2.56. The standard InChI is InChI=1S/C20H22N3/c1-14(2)20-21-11-9-18(22-20)16-10-12-23(4)19(13-16)17-8-6-5-7-15(17)3/h5-14H,1-4H3/q+1/i1D3,14D. The minimum absolute atomic E-state index is 0.00864. The smallest absolute Gasteiger partial charge is 0.213 e. The van der Waals surface area contributed by atoms with Crippen LogP contribution in [-0.2, 0) is 7.05 Å². The van der Waals surface area contributed by atoms with Crippen LogP contribution in [0, 0.1) is 6.92 Å². The lowest BCUT2D eigenvalue weighted by Crippen LogP contribution is -2.30. The first-order chi connectivity index (χ1) is 12.6. The molecule has 2 aromatic heterocycles. The molecular formula is C20H22N3+. The Hall–Kier alpha value is -2.55. The molecule has 3 aromatic rings. The van der Waals surface area contributed by atoms with E-state index in [2.05, 4.69) is 29.0 Å². The summed E-state index contributed by atoms with van der Waals surface area (Å²) in [6.45, 7) is 0.872. The van der Waals surface area contributed by atoms with Gasteiger partial charge in [0.05, 0.1) is 5.69 Å². The van der Waals surface area contributed by atoms with Gasteiger partial charge in [0.2, 0.25) is 5.69 Å². The molecular weight excluding hydrogens is 282 g/mol. The first-order valence-electron chi connectivity index (χ1n) is 9.51. The van der Waals surface area contributed by atoms with E-state index >= 15 is 0 Å². The quantitative estimate of drug-likeness (QED) is 0.683. The molecule has 0 aliphatic heterocycles. The highest BCUT2D eigenvalue weighted by molar-refractivity contribution is 5.68. The number of benzene rings is 1. The van der Waals surface area contributed by atoms with Crippen LogP contribution in [0.3, 0.4) is 0 Å². The Labute approximate surface area is 143 Å². The number of nitrogens with zero attached hydrogens (tertiary/aromatic N) is 3. The summed E-state index contributed by atoms with van der Waals surface area (Å²) in [5.74, 6) is -1.88. The molecule has 2 heterocycles. The van der Waals surface area contributed by atoms with Crippen molar-refractivity contribution < 1.29 is 10.1 Å². The van der Waals surface area contributed by atoms with E-state index in [9.17, 15) is 0 Å². The van der Waals surface area contributed by atoms with Gasteiger partial charge in [-0.2, -0.15) is 0 Å². The molecule has 0 aliphatic carbocycles. The fraction of sp³-hybridized carbons (Fsp3) is 0.250. The van der Waals surface area contributed by atoms with Crippen LogP contribution in [0.25, 0.3) is 22.5 Å². The van der Waals surface area contributed by atoms with Crippen molar-refractivity contribution in [3.05, 3.63) is 66.2 Å². The molecule has 0 saturated heterocycles. The van der Waals surface area contributed by atoms with E-state index < -0.39 is 12.7 Å². The van der Waals surface area contributed by atoms with E-state index in [0.717, 1.165) is 22.4 Å². The molecule has 23 heavy (non-hydrogen) atoms. The van der Waals surface area contributed by atoms with Gasteiger partial charge in [-0.25, -0.2) is 14.5 Å². The van der Waals surface area contributed by atoms with Crippen LogP contribution in [0.5, 0.6) is 0 Å². The summed E-state index contributed by atoms with van der Waals surface area (Å²) in [4.78, 5) is 8.45. The predicted octanol–water partition coefficient (Wildman–Crippen LogP) is 4.07. The molecule has 3 nitrogen and oxygen atoms in total. The molecule has 116 valence electrons. The van der Waals surface area contributed by atoms with Gasteiger partial charge in [-0.1, -0.05) is 32.0 Å². The van der Waals surface area contributed by atoms with Crippen LogP contribution >= 0.6 is 0 Å². The van der Waals surface area contributed by atoms with Gasteiger partial charge in [-0.05, 0) is 24.6 Å². The maximum Gasteiger partial charge on any atom is 0.213 e. The van der Waals surface area contributed by atoms with Crippen molar-refractivity contribution >= 4 is 0 Å². The molecule has 0 fully saturated rings. The molecule has 0 spiro atoms. The summed E-state index contributed by atoms with van der Waals surface area (Å²) in [5.41, 5.74) is 4.74. The Bertz CT molecular complexity index is 981. The minimum atomic E-state index is -2.51. The van der Waals surface area contributed by atoms with E-state index in [1.165, 1.54) is 13.1 Å². The lowest BCUT2D eigenvalue weighted by molar-refractivity contribution is -0.660. The number of pyridine rings is 1. The second-order valence-corrected chi connectivity index (χ2v) is 5.62. The Kier molecular flexibility index (Phi) is 3.02. The summed E-state index contributed by atoms with van der Waals surface area (Å²) in [6, 6.07) is 13.8. The van der Waals surface area contributed by atoms with Crippen LogP contribution in [0.1, 0.15) is 36.5 Å². The first-order valence-corrected chi connectivity index (χ1v) is 7.51. The summed E-state index contributed by atoms with van der Waals surface area (Å²) < 4.78 is 33.1. The summed E-state index contributed by atoms with van der Waals surface area (Å²) in [7, 11) is 1.98. The molecule has 0 radical (unpaired) electrons. The highest BCUT2D eigenvalue weighted by atomic mass is 14.9. The third kappa shape index (κ3) is 3.14. The van der Waals surface area contributed by atoms with Crippen LogP contribution in [0.2, 0.25) is 0 Å². The molecule has 0 N–H and O–H groups in total. The van der Waals surface area contributed by atoms with Gasteiger partial charge >= 0.3 is 0 Å². The van der Waals surface area contributed by atoms with E-state index in [1.54, 1.807) is 6.07 Å². The molecule has 0 saturated carbocycles. The number of hydrogen-bond acceptors (Lipinski definition) is 2. The van der Waals surface area contributed by atoms with Gasteiger partial charge in [-0.3, -0.25) is 0 Å². The average molecular weight is 308 g/mol. The van der Waals surface area contributed by atoms with Gasteiger partial charge in [0.15, 0.2) is 6.20 Å². The van der Waals surface area contributed by atoms with Crippen molar-refractivity contribution in [2.75, 3.05) is 0 Å². The zero-order valence-corrected chi connectivity index (χ0v) is 13.5. The molecule has 0 bridgehead atoms. The summed E-state index contributed by atoms with van der Waals surface area (Å²) in [6.07, 6.45) is 3.46. The van der Waals surface area contributed by atoms with Crippen LogP contribution in [-0.4, -0.2) is 9.97 Å². The maximum atomic E-state index is 8.23. The second-order valence-electron chi connectivity index (χ2n) is 5.62. The monoisotopic (exact) mass is 308 g/mol. The molecule has 0 aliphatic rings. The number of aromatic nitrogens is 3. The van der Waals surface area contributed by atoms with Crippen molar-refractivity contribution in [2.45, 2.75) is 26.6 Å². The number of rotatable bonds is 3. The SMILES string of the molecule is [2H]C([2H])([2H])C([2H])(C)c1nccc(-c2cc[n+](C)c(-c3ccccc3C)c2)n1. The largest absolute Gasteiger partial charge is 0.241 e. The van der Waals surface area contributed by atoms with E-state index in [-0.39, 0.29) is 5.82 Å². The minimum Gasteiger partial charge on any atom is -0.241 e. The van der Waals surface area contributed by atoms with Gasteiger partial charge in [-0.15, -0.1) is 0 Å². The van der Waals surface area contributed by atoms with Crippen molar-refractivity contribution in [3.8, 4) is 22.5 Å². The third-order valence-corrected chi connectivity index (χ3v) is 3.86. The van der Waals surface area contributed by atoms with E-state index in [1.807, 2.05) is 42.1 Å². The Morgan fingerprint density at radius 3 is 2.83 bits per heavy atom. The van der Waals surface area contributed by atoms with Gasteiger partial charge in [0.1, 0.15) is 12.9 Å². The van der Waals surface area contributed by atoms with Crippen molar-refractivity contribution in [1.82, 2.24) is 9.97 Å². The van der Waals surface area contributed by atoms with Crippen molar-refractivity contribution in [1.29, 1.82) is 0 Å². The van der Waals surface area contributed by atoms with Crippen LogP contribution in [0.15, 0.2) is 54.9 Å². The topological polar surface area (TPSA) is 29.7 Å². The lowest BCUT2D eigenvalue weighted by atomic mass is 10.0. The first kappa shape index (κ1) is 11.1. The Balaban J connectivity index is 2.10. The lowest BCUT2D eigenvalue weighted by Gasteiger charge is -2.08. The highest BCUT2D eigenvalue weighted by Gasteiger charge is 2.14. The second kappa shape index (κ2) is 6.29.